The van der Waals surface area contributed by atoms with Crippen LogP contribution in [-0.2, 0) is 4.74 Å². The van der Waals surface area contributed by atoms with Crippen LogP contribution in [0.5, 0.6) is 0 Å². The molecule has 7 heteroatoms. The molecule has 0 saturated heterocycles. The zero-order chi connectivity index (χ0) is 10.1. The smallest absolute Gasteiger partial charge is 0.420 e. The van der Waals surface area contributed by atoms with Crippen LogP contribution in [-0.4, -0.2) is 32.7 Å². The number of carbonyl (C=O) groups excluding carboxylic acids is 1. The number of hydrogen-bond donors (Lipinski definition) is 1. The molecule has 14 heavy (non-hydrogen) atoms. The number of aromatic nitrogens is 4. The maximum atomic E-state index is 11.2. The number of ether oxygens (including phenoxy) is 1. The fourth-order valence-corrected chi connectivity index (χ4v) is 1.08. The van der Waals surface area contributed by atoms with Gasteiger partial charge >= 0.3 is 6.09 Å². The second-order valence-corrected chi connectivity index (χ2v) is 2.49. The molecule has 0 spiro atoms. The van der Waals surface area contributed by atoms with Gasteiger partial charge in [-0.1, -0.05) is 0 Å². The Morgan fingerprint density at radius 1 is 1.57 bits per heavy atom. The van der Waals surface area contributed by atoms with Crippen molar-refractivity contribution in [1.82, 2.24) is 19.5 Å². The van der Waals surface area contributed by atoms with Crippen LogP contribution in [0.4, 0.5) is 4.79 Å². The first-order valence-corrected chi connectivity index (χ1v) is 3.73. The number of rotatable bonds is 0. The Morgan fingerprint density at radius 2 is 2.36 bits per heavy atom. The van der Waals surface area contributed by atoms with E-state index in [2.05, 4.69) is 19.7 Å². The second kappa shape index (κ2) is 2.95. The molecular weight excluding hydrogens is 188 g/mol. The molecule has 72 valence electrons. The largest absolute Gasteiger partial charge is 0.452 e. The minimum Gasteiger partial charge on any atom is -0.452 e. The van der Waals surface area contributed by atoms with Gasteiger partial charge in [0.25, 0.3) is 5.56 Å². The lowest BCUT2D eigenvalue weighted by molar-refractivity contribution is 0.173. The number of nitrogens with one attached hydrogen (secondary N) is 1. The van der Waals surface area contributed by atoms with Crippen molar-refractivity contribution in [3.05, 3.63) is 23.0 Å². The SMILES string of the molecule is COC(=O)n1cnc2c(=O)[nH]cnc21. The Bertz CT molecular complexity index is 541. The van der Waals surface area contributed by atoms with E-state index in [0.29, 0.717) is 0 Å². The molecule has 0 amide bonds. The minimum atomic E-state index is -0.634. The van der Waals surface area contributed by atoms with Gasteiger partial charge in [-0.05, 0) is 0 Å². The van der Waals surface area contributed by atoms with Crippen molar-refractivity contribution in [2.45, 2.75) is 0 Å². The lowest BCUT2D eigenvalue weighted by Gasteiger charge is -1.97. The molecule has 7 nitrogen and oxygen atoms in total. The summed E-state index contributed by atoms with van der Waals surface area (Å²) in [5, 5.41) is 0. The highest BCUT2D eigenvalue weighted by Gasteiger charge is 2.12. The maximum Gasteiger partial charge on any atom is 0.420 e. The number of fused-ring (bicyclic) bond motifs is 1. The van der Waals surface area contributed by atoms with Crippen molar-refractivity contribution >= 4 is 17.3 Å². The fourth-order valence-electron chi connectivity index (χ4n) is 1.08. The third-order valence-electron chi connectivity index (χ3n) is 1.71. The Hall–Kier alpha value is -2.18. The third kappa shape index (κ3) is 1.06. The van der Waals surface area contributed by atoms with Gasteiger partial charge in [0.15, 0.2) is 11.2 Å². The third-order valence-corrected chi connectivity index (χ3v) is 1.71. The molecule has 0 atom stereocenters. The summed E-state index contributed by atoms with van der Waals surface area (Å²) < 4.78 is 5.53. The average molecular weight is 194 g/mol. The first-order chi connectivity index (χ1) is 6.74. The number of H-pyrrole nitrogens is 1. The van der Waals surface area contributed by atoms with E-state index in [1.54, 1.807) is 0 Å². The van der Waals surface area contributed by atoms with Gasteiger partial charge in [0.1, 0.15) is 6.33 Å². The van der Waals surface area contributed by atoms with Crippen LogP contribution >= 0.6 is 0 Å². The van der Waals surface area contributed by atoms with Crippen LogP contribution < -0.4 is 5.56 Å². The predicted octanol–water partition coefficient (Wildman–Crippen LogP) is -0.266. The highest BCUT2D eigenvalue weighted by Crippen LogP contribution is 2.03. The molecule has 0 bridgehead atoms. The quantitative estimate of drug-likeness (QED) is 0.623. The lowest BCUT2D eigenvalue weighted by Crippen LogP contribution is -2.12. The van der Waals surface area contributed by atoms with E-state index in [9.17, 15) is 9.59 Å². The molecule has 0 radical (unpaired) electrons. The van der Waals surface area contributed by atoms with Gasteiger partial charge in [0.05, 0.1) is 13.4 Å². The molecule has 2 rings (SSSR count). The van der Waals surface area contributed by atoms with E-state index >= 15 is 0 Å². The maximum absolute atomic E-state index is 11.2. The van der Waals surface area contributed by atoms with Crippen LogP contribution in [0.15, 0.2) is 17.4 Å². The van der Waals surface area contributed by atoms with Crippen molar-refractivity contribution in [3.8, 4) is 0 Å². The number of carbonyl (C=O) groups is 1. The number of aromatic amines is 1. The zero-order valence-electron chi connectivity index (χ0n) is 7.22. The Kier molecular flexibility index (Phi) is 1.77. The number of nitrogens with zero attached hydrogens (tertiary/aromatic N) is 3. The van der Waals surface area contributed by atoms with Gasteiger partial charge in [-0.15, -0.1) is 0 Å². The first-order valence-electron chi connectivity index (χ1n) is 3.73. The van der Waals surface area contributed by atoms with Gasteiger partial charge < -0.3 is 9.72 Å². The van der Waals surface area contributed by atoms with Gasteiger partial charge in [-0.25, -0.2) is 19.3 Å². The van der Waals surface area contributed by atoms with Crippen molar-refractivity contribution in [1.29, 1.82) is 0 Å². The van der Waals surface area contributed by atoms with E-state index < -0.39 is 11.7 Å². The molecule has 0 aliphatic rings. The molecule has 0 aromatic carbocycles. The number of methoxy groups -OCH3 is 1. The lowest BCUT2D eigenvalue weighted by atomic mass is 10.5. The van der Waals surface area contributed by atoms with Crippen LogP contribution in [0.2, 0.25) is 0 Å². The summed E-state index contributed by atoms with van der Waals surface area (Å²) in [5.41, 5.74) is -0.101. The van der Waals surface area contributed by atoms with E-state index in [0.717, 1.165) is 4.57 Å². The van der Waals surface area contributed by atoms with Gasteiger partial charge in [0.2, 0.25) is 0 Å². The second-order valence-electron chi connectivity index (χ2n) is 2.49. The van der Waals surface area contributed by atoms with E-state index in [1.165, 1.54) is 19.8 Å². The monoisotopic (exact) mass is 194 g/mol. The topological polar surface area (TPSA) is 89.9 Å². The molecule has 2 aromatic rings. The summed E-state index contributed by atoms with van der Waals surface area (Å²) in [4.78, 5) is 32.2. The summed E-state index contributed by atoms with van der Waals surface area (Å²) in [6, 6.07) is 0. The van der Waals surface area contributed by atoms with Crippen molar-refractivity contribution in [3.63, 3.8) is 0 Å². The number of hydrogen-bond acceptors (Lipinski definition) is 5. The first kappa shape index (κ1) is 8.42. The Morgan fingerprint density at radius 3 is 3.07 bits per heavy atom. The number of imidazole rings is 1. The zero-order valence-corrected chi connectivity index (χ0v) is 7.22. The fraction of sp³-hybridized carbons (Fsp3) is 0.143. The van der Waals surface area contributed by atoms with Crippen LogP contribution in [0.3, 0.4) is 0 Å². The van der Waals surface area contributed by atoms with Crippen LogP contribution in [0.1, 0.15) is 0 Å². The summed E-state index contributed by atoms with van der Waals surface area (Å²) in [5.74, 6) is 0. The van der Waals surface area contributed by atoms with E-state index in [4.69, 9.17) is 0 Å². The molecule has 0 fully saturated rings. The normalized spacial score (nSPS) is 10.4. The van der Waals surface area contributed by atoms with Crippen molar-refractivity contribution in [2.75, 3.05) is 7.11 Å². The standard InChI is InChI=1S/C7H6N4O3/c1-14-7(13)11-3-10-4-5(11)8-2-9-6(4)12/h2-3H,1H3,(H,8,9,12). The highest BCUT2D eigenvalue weighted by atomic mass is 16.5. The minimum absolute atomic E-state index is 0.109. The van der Waals surface area contributed by atoms with Crippen LogP contribution in [0, 0.1) is 0 Å². The summed E-state index contributed by atoms with van der Waals surface area (Å²) in [7, 11) is 1.24. The van der Waals surface area contributed by atoms with Crippen molar-refractivity contribution < 1.29 is 9.53 Å². The van der Waals surface area contributed by atoms with Gasteiger partial charge in [0, 0.05) is 0 Å². The molecule has 0 aliphatic heterocycles. The average Bonchev–Trinajstić information content (AvgIpc) is 2.62. The molecule has 0 saturated carbocycles. The van der Waals surface area contributed by atoms with Crippen molar-refractivity contribution in [2.24, 2.45) is 0 Å². The Balaban J connectivity index is 2.76. The van der Waals surface area contributed by atoms with Gasteiger partial charge in [-0.2, -0.15) is 0 Å². The molecule has 2 aromatic heterocycles. The highest BCUT2D eigenvalue weighted by molar-refractivity contribution is 5.82. The van der Waals surface area contributed by atoms with E-state index in [1.807, 2.05) is 0 Å². The molecule has 0 aliphatic carbocycles. The molecule has 2 heterocycles. The summed E-state index contributed by atoms with van der Waals surface area (Å²) >= 11 is 0. The summed E-state index contributed by atoms with van der Waals surface area (Å²) in [6.07, 6.45) is 1.76. The molecule has 1 N–H and O–H groups in total. The van der Waals surface area contributed by atoms with Gasteiger partial charge in [-0.3, -0.25) is 4.79 Å². The molecular formula is C7H6N4O3. The summed E-state index contributed by atoms with van der Waals surface area (Å²) in [6.45, 7) is 0. The molecule has 0 unspecified atom stereocenters. The Labute approximate surface area is 77.4 Å². The van der Waals surface area contributed by atoms with Crippen LogP contribution in [0.25, 0.3) is 11.2 Å². The van der Waals surface area contributed by atoms with E-state index in [-0.39, 0.29) is 11.2 Å². The predicted molar refractivity (Wildman–Crippen MR) is 46.0 cm³/mol.